The second-order valence-electron chi connectivity index (χ2n) is 7.97. The van der Waals surface area contributed by atoms with E-state index < -0.39 is 12.1 Å². The number of thiol groups is 2. The van der Waals surface area contributed by atoms with Crippen LogP contribution >= 0.6 is 25.3 Å². The third-order valence-corrected chi connectivity index (χ3v) is 5.70. The fourth-order valence-corrected chi connectivity index (χ4v) is 3.81. The standard InChI is InChI=1S/C20H22N12O4S2/c1-29(35)17(33)21-13-5-11(7-15(9-13)31-19(37)23-25-27-31)3-4-12-6-14(22-18(34)30(2)36)10-16(8-12)32-20(38)24-26-28-32/h5-10,35-36H,3-4H2,1-2H3,(H,21,33)(H,22,34)(H,23,27,37)(H,24,28,38). The van der Waals surface area contributed by atoms with Crippen LogP contribution in [-0.2, 0) is 12.8 Å². The number of amides is 4. The normalized spacial score (nSPS) is 10.8. The van der Waals surface area contributed by atoms with Crippen LogP contribution in [0.3, 0.4) is 0 Å². The topological polar surface area (TPSA) is 192 Å². The molecular formula is C20H22N12O4S2. The van der Waals surface area contributed by atoms with Crippen LogP contribution in [0.1, 0.15) is 11.1 Å². The van der Waals surface area contributed by atoms with Crippen molar-refractivity contribution >= 4 is 48.7 Å². The number of aromatic nitrogens is 8. The smallest absolute Gasteiger partial charge is 0.306 e. The molecule has 198 valence electrons. The number of nitrogens with zero attached hydrogens (tertiary/aromatic N) is 10. The van der Waals surface area contributed by atoms with Gasteiger partial charge < -0.3 is 10.6 Å². The first-order chi connectivity index (χ1) is 18.1. The summed E-state index contributed by atoms with van der Waals surface area (Å²) >= 11 is 8.51. The van der Waals surface area contributed by atoms with Gasteiger partial charge in [0, 0.05) is 25.5 Å². The van der Waals surface area contributed by atoms with Crippen molar-refractivity contribution in [2.75, 3.05) is 24.7 Å². The third-order valence-electron chi connectivity index (χ3n) is 5.14. The molecule has 0 aliphatic heterocycles. The molecule has 0 bridgehead atoms. The fraction of sp³-hybridized carbons (Fsp3) is 0.200. The molecule has 18 heteroatoms. The molecule has 0 atom stereocenters. The molecular weight excluding hydrogens is 536 g/mol. The first-order valence-electron chi connectivity index (χ1n) is 10.8. The Morgan fingerprint density at radius 1 is 0.763 bits per heavy atom. The number of aryl methyl sites for hydroxylation is 2. The number of hydrogen-bond donors (Lipinski definition) is 6. The molecule has 38 heavy (non-hydrogen) atoms. The summed E-state index contributed by atoms with van der Waals surface area (Å²) in [4.78, 5) is 24.1. The quantitative estimate of drug-likeness (QED) is 0.110. The number of nitrogens with one attached hydrogen (secondary N) is 2. The van der Waals surface area contributed by atoms with Crippen molar-refractivity contribution in [1.82, 2.24) is 50.5 Å². The number of hydroxylamine groups is 4. The predicted molar refractivity (Wildman–Crippen MR) is 137 cm³/mol. The van der Waals surface area contributed by atoms with E-state index in [2.05, 4.69) is 66.9 Å². The largest absolute Gasteiger partial charge is 0.345 e. The summed E-state index contributed by atoms with van der Waals surface area (Å²) < 4.78 is 2.77. The highest BCUT2D eigenvalue weighted by atomic mass is 32.1. The third kappa shape index (κ3) is 6.35. The van der Waals surface area contributed by atoms with Crippen LogP contribution in [0, 0.1) is 0 Å². The van der Waals surface area contributed by atoms with Crippen LogP contribution < -0.4 is 10.6 Å². The molecule has 0 fully saturated rings. The summed E-state index contributed by atoms with van der Waals surface area (Å²) in [5, 5.41) is 48.0. The number of carbonyl (C=O) groups is 2. The average molecular weight is 559 g/mol. The number of carbonyl (C=O) groups excluding carboxylic acids is 2. The van der Waals surface area contributed by atoms with Crippen molar-refractivity contribution in [2.45, 2.75) is 23.2 Å². The first kappa shape index (κ1) is 26.8. The van der Waals surface area contributed by atoms with Gasteiger partial charge in [-0.15, -0.1) is 35.5 Å². The Labute approximate surface area is 226 Å². The fourth-order valence-electron chi connectivity index (χ4n) is 3.42. The highest BCUT2D eigenvalue weighted by Crippen LogP contribution is 2.24. The molecule has 0 spiro atoms. The van der Waals surface area contributed by atoms with Crippen LogP contribution in [0.5, 0.6) is 0 Å². The summed E-state index contributed by atoms with van der Waals surface area (Å²) in [5.74, 6) is 0. The van der Waals surface area contributed by atoms with Gasteiger partial charge in [-0.2, -0.15) is 9.36 Å². The van der Waals surface area contributed by atoms with Crippen molar-refractivity contribution in [3.05, 3.63) is 47.5 Å². The number of tetrazole rings is 2. The Morgan fingerprint density at radius 2 is 1.16 bits per heavy atom. The van der Waals surface area contributed by atoms with E-state index in [-0.39, 0.29) is 10.3 Å². The van der Waals surface area contributed by atoms with E-state index in [4.69, 9.17) is 0 Å². The maximum Gasteiger partial charge on any atom is 0.345 e. The molecule has 2 aromatic heterocycles. The Bertz CT molecular complexity index is 1360. The van der Waals surface area contributed by atoms with Gasteiger partial charge in [-0.3, -0.25) is 10.4 Å². The minimum Gasteiger partial charge on any atom is -0.306 e. The molecule has 0 unspecified atom stereocenters. The maximum absolute atomic E-state index is 12.0. The van der Waals surface area contributed by atoms with Gasteiger partial charge in [0.2, 0.25) is 10.3 Å². The van der Waals surface area contributed by atoms with E-state index in [1.54, 1.807) is 24.3 Å². The zero-order valence-electron chi connectivity index (χ0n) is 20.0. The molecule has 0 aliphatic carbocycles. The molecule has 0 radical (unpaired) electrons. The van der Waals surface area contributed by atoms with Crippen LogP contribution in [0.2, 0.25) is 0 Å². The summed E-state index contributed by atoms with van der Waals surface area (Å²) in [6.45, 7) is 0. The second-order valence-corrected chi connectivity index (χ2v) is 8.77. The zero-order valence-corrected chi connectivity index (χ0v) is 21.7. The van der Waals surface area contributed by atoms with E-state index in [0.29, 0.717) is 45.7 Å². The highest BCUT2D eigenvalue weighted by molar-refractivity contribution is 7.80. The van der Waals surface area contributed by atoms with Gasteiger partial charge in [0.1, 0.15) is 0 Å². The molecule has 4 aromatic rings. The molecule has 0 saturated carbocycles. The van der Waals surface area contributed by atoms with E-state index in [1.807, 2.05) is 12.1 Å². The maximum atomic E-state index is 12.0. The van der Waals surface area contributed by atoms with Crippen LogP contribution in [0.15, 0.2) is 46.7 Å². The van der Waals surface area contributed by atoms with Gasteiger partial charge in [-0.25, -0.2) is 19.7 Å². The van der Waals surface area contributed by atoms with E-state index >= 15 is 0 Å². The molecule has 4 N–H and O–H groups in total. The minimum atomic E-state index is -0.734. The number of rotatable bonds is 7. The zero-order chi connectivity index (χ0) is 27.4. The van der Waals surface area contributed by atoms with Crippen LogP contribution in [-0.4, -0.2) is 87.1 Å². The molecule has 2 heterocycles. The number of anilines is 2. The van der Waals surface area contributed by atoms with Crippen molar-refractivity contribution in [1.29, 1.82) is 0 Å². The predicted octanol–water partition coefficient (Wildman–Crippen LogP) is 1.71. The molecule has 0 saturated heterocycles. The molecule has 2 aromatic carbocycles. The van der Waals surface area contributed by atoms with E-state index in [9.17, 15) is 20.0 Å². The number of hydrogen-bond acceptors (Lipinski definition) is 12. The number of benzene rings is 2. The lowest BCUT2D eigenvalue weighted by molar-refractivity contribution is -0.0118. The molecule has 0 aliphatic rings. The van der Waals surface area contributed by atoms with Gasteiger partial charge >= 0.3 is 12.1 Å². The summed E-state index contributed by atoms with van der Waals surface area (Å²) in [6.07, 6.45) is 0.964. The SMILES string of the molecule is CN(O)C(=O)Nc1cc(CCc2cc(NC(=O)N(C)O)cc(-n3nnnc3S)c2)cc(-n2nnnc2S)c1. The molecule has 16 nitrogen and oxygen atoms in total. The van der Waals surface area contributed by atoms with Gasteiger partial charge in [0.15, 0.2) is 0 Å². The van der Waals surface area contributed by atoms with Gasteiger partial charge in [0.25, 0.3) is 0 Å². The molecule has 4 amide bonds. The second kappa shape index (κ2) is 11.4. The van der Waals surface area contributed by atoms with E-state index in [1.165, 1.54) is 23.5 Å². The Kier molecular flexibility index (Phi) is 8.05. The minimum absolute atomic E-state index is 0.240. The lowest BCUT2D eigenvalue weighted by Crippen LogP contribution is -2.28. The Hall–Kier alpha value is -4.26. The van der Waals surface area contributed by atoms with Crippen molar-refractivity contribution < 1.29 is 20.0 Å². The average Bonchev–Trinajstić information content (AvgIpc) is 3.50. The highest BCUT2D eigenvalue weighted by Gasteiger charge is 2.14. The summed E-state index contributed by atoms with van der Waals surface area (Å²) in [5.41, 5.74) is 3.46. The monoisotopic (exact) mass is 558 g/mol. The van der Waals surface area contributed by atoms with Crippen LogP contribution in [0.4, 0.5) is 21.0 Å². The van der Waals surface area contributed by atoms with Crippen LogP contribution in [0.25, 0.3) is 11.4 Å². The Morgan fingerprint density at radius 3 is 1.47 bits per heavy atom. The lowest BCUT2D eigenvalue weighted by atomic mass is 10.0. The first-order valence-corrected chi connectivity index (χ1v) is 11.7. The van der Waals surface area contributed by atoms with Crippen molar-refractivity contribution in [3.8, 4) is 11.4 Å². The van der Waals surface area contributed by atoms with Gasteiger partial charge in [0.05, 0.1) is 11.4 Å². The summed E-state index contributed by atoms with van der Waals surface area (Å²) in [7, 11) is 2.40. The van der Waals surface area contributed by atoms with Crippen molar-refractivity contribution in [3.63, 3.8) is 0 Å². The van der Waals surface area contributed by atoms with Gasteiger partial charge in [-0.05, 0) is 81.2 Å². The number of urea groups is 2. The van der Waals surface area contributed by atoms with Gasteiger partial charge in [-0.1, -0.05) is 0 Å². The van der Waals surface area contributed by atoms with E-state index in [0.717, 1.165) is 11.1 Å². The van der Waals surface area contributed by atoms with Crippen molar-refractivity contribution in [2.24, 2.45) is 0 Å². The molecule has 4 rings (SSSR count). The lowest BCUT2D eigenvalue weighted by Gasteiger charge is -2.15. The summed E-state index contributed by atoms with van der Waals surface area (Å²) in [6, 6.07) is 8.94. The Balaban J connectivity index is 1.66.